The first kappa shape index (κ1) is 21.1. The zero-order valence-corrected chi connectivity index (χ0v) is 16.0. The number of amides is 2. The first-order valence-corrected chi connectivity index (χ1v) is 9.03. The van der Waals surface area contributed by atoms with E-state index in [0.29, 0.717) is 36.6 Å². The molecule has 7 heteroatoms. The maximum atomic E-state index is 12.5. The topological polar surface area (TPSA) is 105 Å². The molecular formula is C21H24N2O5. The number of rotatable bonds is 9. The van der Waals surface area contributed by atoms with Crippen LogP contribution >= 0.6 is 0 Å². The predicted molar refractivity (Wildman–Crippen MR) is 106 cm³/mol. The van der Waals surface area contributed by atoms with Crippen molar-refractivity contribution in [1.29, 1.82) is 0 Å². The van der Waals surface area contributed by atoms with Crippen LogP contribution < -0.4 is 10.6 Å². The van der Waals surface area contributed by atoms with Gasteiger partial charge in [0.2, 0.25) is 0 Å². The van der Waals surface area contributed by atoms with Crippen molar-refractivity contribution >= 4 is 23.5 Å². The van der Waals surface area contributed by atoms with Crippen LogP contribution in [0.1, 0.15) is 50.0 Å². The zero-order valence-electron chi connectivity index (χ0n) is 16.0. The SMILES string of the molecule is CCOCCCNC(=O)c1cccc(NC(=O)c2cc(C)cc(C(=O)O)c2)c1. The Morgan fingerprint density at radius 1 is 1.00 bits per heavy atom. The third-order valence-corrected chi connectivity index (χ3v) is 3.92. The first-order valence-electron chi connectivity index (χ1n) is 9.03. The fraction of sp³-hybridized carbons (Fsp3) is 0.286. The molecule has 2 aromatic carbocycles. The number of aryl methyl sites for hydroxylation is 1. The van der Waals surface area contributed by atoms with Gasteiger partial charge < -0.3 is 20.5 Å². The van der Waals surface area contributed by atoms with Crippen LogP contribution in [0.3, 0.4) is 0 Å². The average Bonchev–Trinajstić information content (AvgIpc) is 2.67. The lowest BCUT2D eigenvalue weighted by Crippen LogP contribution is -2.25. The minimum Gasteiger partial charge on any atom is -0.478 e. The molecule has 0 saturated carbocycles. The Morgan fingerprint density at radius 2 is 1.75 bits per heavy atom. The molecule has 0 atom stereocenters. The van der Waals surface area contributed by atoms with Crippen LogP contribution in [0, 0.1) is 6.92 Å². The van der Waals surface area contributed by atoms with Crippen LogP contribution in [0.15, 0.2) is 42.5 Å². The highest BCUT2D eigenvalue weighted by Gasteiger charge is 2.12. The fourth-order valence-electron chi connectivity index (χ4n) is 2.60. The molecule has 0 radical (unpaired) electrons. The number of hydrogen-bond donors (Lipinski definition) is 3. The molecular weight excluding hydrogens is 360 g/mol. The second kappa shape index (κ2) is 10.2. The van der Waals surface area contributed by atoms with Gasteiger partial charge in [0.05, 0.1) is 5.56 Å². The summed E-state index contributed by atoms with van der Waals surface area (Å²) in [4.78, 5) is 35.9. The summed E-state index contributed by atoms with van der Waals surface area (Å²) >= 11 is 0. The molecule has 2 rings (SSSR count). The van der Waals surface area contributed by atoms with Crippen LogP contribution in [0.25, 0.3) is 0 Å². The molecule has 0 unspecified atom stereocenters. The molecule has 0 aliphatic heterocycles. The van der Waals surface area contributed by atoms with Gasteiger partial charge in [-0.25, -0.2) is 4.79 Å². The second-order valence-electron chi connectivity index (χ2n) is 6.23. The molecule has 0 spiro atoms. The van der Waals surface area contributed by atoms with Crippen LogP contribution in [0.2, 0.25) is 0 Å². The van der Waals surface area contributed by atoms with E-state index in [9.17, 15) is 14.4 Å². The molecule has 0 heterocycles. The maximum Gasteiger partial charge on any atom is 0.335 e. The molecule has 3 N–H and O–H groups in total. The van der Waals surface area contributed by atoms with Crippen molar-refractivity contribution in [3.8, 4) is 0 Å². The van der Waals surface area contributed by atoms with Gasteiger partial charge in [0.1, 0.15) is 0 Å². The molecule has 0 aliphatic carbocycles. The van der Waals surface area contributed by atoms with Gasteiger partial charge in [-0.15, -0.1) is 0 Å². The summed E-state index contributed by atoms with van der Waals surface area (Å²) in [5.74, 6) is -1.78. The first-order chi connectivity index (χ1) is 13.4. The Balaban J connectivity index is 2.03. The van der Waals surface area contributed by atoms with E-state index in [2.05, 4.69) is 10.6 Å². The van der Waals surface area contributed by atoms with Crippen molar-refractivity contribution in [3.05, 3.63) is 64.7 Å². The van der Waals surface area contributed by atoms with Gasteiger partial charge in [0.15, 0.2) is 0 Å². The molecule has 7 nitrogen and oxygen atoms in total. The van der Waals surface area contributed by atoms with E-state index in [1.165, 1.54) is 12.1 Å². The summed E-state index contributed by atoms with van der Waals surface area (Å²) < 4.78 is 5.22. The Labute approximate surface area is 163 Å². The number of hydrogen-bond acceptors (Lipinski definition) is 4. The molecule has 28 heavy (non-hydrogen) atoms. The van der Waals surface area contributed by atoms with Crippen LogP contribution in [0.4, 0.5) is 5.69 Å². The van der Waals surface area contributed by atoms with E-state index in [1.807, 2.05) is 6.92 Å². The van der Waals surface area contributed by atoms with Gasteiger partial charge >= 0.3 is 5.97 Å². The summed E-state index contributed by atoms with van der Waals surface area (Å²) in [6.07, 6.45) is 0.718. The third-order valence-electron chi connectivity index (χ3n) is 3.92. The lowest BCUT2D eigenvalue weighted by atomic mass is 10.1. The van der Waals surface area contributed by atoms with Crippen molar-refractivity contribution in [2.75, 3.05) is 25.1 Å². The Bertz CT molecular complexity index is 864. The Kier molecular flexibility index (Phi) is 7.71. The number of anilines is 1. The van der Waals surface area contributed by atoms with E-state index < -0.39 is 11.9 Å². The standard InChI is InChI=1S/C21H24N2O5/c1-3-28-9-5-8-22-19(24)15-6-4-7-18(13-15)23-20(25)16-10-14(2)11-17(12-16)21(26)27/h4,6-7,10-13H,3,5,8-9H2,1-2H3,(H,22,24)(H,23,25)(H,26,27). The lowest BCUT2D eigenvalue weighted by molar-refractivity contribution is 0.0696. The number of carbonyl (C=O) groups is 3. The number of ether oxygens (including phenoxy) is 1. The molecule has 2 aromatic rings. The normalized spacial score (nSPS) is 10.4. The molecule has 0 aromatic heterocycles. The van der Waals surface area contributed by atoms with Crippen molar-refractivity contribution in [2.45, 2.75) is 20.3 Å². The van der Waals surface area contributed by atoms with Gasteiger partial charge in [-0.2, -0.15) is 0 Å². The summed E-state index contributed by atoms with van der Waals surface area (Å²) in [6, 6.07) is 11.0. The Morgan fingerprint density at radius 3 is 2.46 bits per heavy atom. The Hall–Kier alpha value is -3.19. The highest BCUT2D eigenvalue weighted by atomic mass is 16.5. The van der Waals surface area contributed by atoms with E-state index in [1.54, 1.807) is 37.3 Å². The average molecular weight is 384 g/mol. The zero-order chi connectivity index (χ0) is 20.5. The van der Waals surface area contributed by atoms with Crippen molar-refractivity contribution < 1.29 is 24.2 Å². The van der Waals surface area contributed by atoms with Crippen molar-refractivity contribution in [1.82, 2.24) is 5.32 Å². The van der Waals surface area contributed by atoms with Crippen LogP contribution in [0.5, 0.6) is 0 Å². The monoisotopic (exact) mass is 384 g/mol. The van der Waals surface area contributed by atoms with Crippen molar-refractivity contribution in [3.63, 3.8) is 0 Å². The fourth-order valence-corrected chi connectivity index (χ4v) is 2.60. The maximum absolute atomic E-state index is 12.5. The number of carbonyl (C=O) groups excluding carboxylic acids is 2. The highest BCUT2D eigenvalue weighted by molar-refractivity contribution is 6.06. The van der Waals surface area contributed by atoms with Crippen LogP contribution in [-0.4, -0.2) is 42.6 Å². The van der Waals surface area contributed by atoms with E-state index in [4.69, 9.17) is 9.84 Å². The third kappa shape index (κ3) is 6.21. The van der Waals surface area contributed by atoms with Gasteiger partial charge in [-0.3, -0.25) is 9.59 Å². The number of carboxylic acid groups (broad SMARTS) is 1. The minimum atomic E-state index is -1.10. The van der Waals surface area contributed by atoms with Crippen molar-refractivity contribution in [2.24, 2.45) is 0 Å². The summed E-state index contributed by atoms with van der Waals surface area (Å²) in [5, 5.41) is 14.6. The highest BCUT2D eigenvalue weighted by Crippen LogP contribution is 2.15. The molecule has 0 fully saturated rings. The van der Waals surface area contributed by atoms with Gasteiger partial charge in [0, 0.05) is 36.6 Å². The molecule has 2 amide bonds. The number of carboxylic acids is 1. The largest absolute Gasteiger partial charge is 0.478 e. The molecule has 148 valence electrons. The van der Waals surface area contributed by atoms with Crippen LogP contribution in [-0.2, 0) is 4.74 Å². The summed E-state index contributed by atoms with van der Waals surface area (Å²) in [5.41, 5.74) is 1.83. The van der Waals surface area contributed by atoms with E-state index >= 15 is 0 Å². The molecule has 0 bridgehead atoms. The van der Waals surface area contributed by atoms with Gasteiger partial charge in [-0.1, -0.05) is 6.07 Å². The smallest absolute Gasteiger partial charge is 0.335 e. The molecule has 0 aliphatic rings. The lowest BCUT2D eigenvalue weighted by Gasteiger charge is -2.09. The van der Waals surface area contributed by atoms with E-state index in [-0.39, 0.29) is 17.0 Å². The number of benzene rings is 2. The number of aromatic carboxylic acids is 1. The summed E-state index contributed by atoms with van der Waals surface area (Å²) in [7, 11) is 0. The van der Waals surface area contributed by atoms with Gasteiger partial charge in [0.25, 0.3) is 11.8 Å². The van der Waals surface area contributed by atoms with E-state index in [0.717, 1.165) is 6.42 Å². The quantitative estimate of drug-likeness (QED) is 0.576. The number of nitrogens with one attached hydrogen (secondary N) is 2. The molecule has 0 saturated heterocycles. The predicted octanol–water partition coefficient (Wildman–Crippen LogP) is 3.10. The van der Waals surface area contributed by atoms with Gasteiger partial charge in [-0.05, 0) is 62.2 Å². The second-order valence-corrected chi connectivity index (χ2v) is 6.23. The minimum absolute atomic E-state index is 0.0466. The summed E-state index contributed by atoms with van der Waals surface area (Å²) in [6.45, 7) is 5.36.